The van der Waals surface area contributed by atoms with Crippen molar-refractivity contribution in [2.45, 2.75) is 6.92 Å². The van der Waals surface area contributed by atoms with Gasteiger partial charge in [0.1, 0.15) is 5.75 Å². The normalized spacial score (nSPS) is 10.0. The minimum Gasteiger partial charge on any atom is -0.423 e. The topological polar surface area (TPSA) is 43.4 Å². The van der Waals surface area contributed by atoms with Gasteiger partial charge in [0, 0.05) is 10.0 Å². The smallest absolute Gasteiger partial charge is 0.343 e. The third-order valence-corrected chi connectivity index (χ3v) is 3.06. The van der Waals surface area contributed by atoms with E-state index in [0.717, 1.165) is 4.47 Å². The summed E-state index contributed by atoms with van der Waals surface area (Å²) in [5, 5.41) is 0. The minimum atomic E-state index is -0.451. The molecule has 2 rings (SSSR count). The van der Waals surface area contributed by atoms with Crippen LogP contribution in [0.25, 0.3) is 0 Å². The minimum absolute atomic E-state index is 0.0680. The first-order chi connectivity index (χ1) is 9.06. The van der Waals surface area contributed by atoms with E-state index in [9.17, 15) is 9.59 Å². The van der Waals surface area contributed by atoms with E-state index in [1.165, 1.54) is 6.92 Å². The summed E-state index contributed by atoms with van der Waals surface area (Å²) in [7, 11) is 0. The predicted molar refractivity (Wildman–Crippen MR) is 75.5 cm³/mol. The lowest BCUT2D eigenvalue weighted by Gasteiger charge is -2.05. The molecular weight excluding hydrogens is 308 g/mol. The molecule has 0 aliphatic carbocycles. The summed E-state index contributed by atoms with van der Waals surface area (Å²) in [4.78, 5) is 23.1. The molecule has 0 bridgehead atoms. The van der Waals surface area contributed by atoms with Crippen LogP contribution in [0.3, 0.4) is 0 Å². The van der Waals surface area contributed by atoms with Gasteiger partial charge < -0.3 is 4.74 Å². The molecule has 2 aromatic rings. The van der Waals surface area contributed by atoms with E-state index in [0.29, 0.717) is 16.9 Å². The molecule has 96 valence electrons. The summed E-state index contributed by atoms with van der Waals surface area (Å²) in [5.41, 5.74) is 0.970. The Labute approximate surface area is 119 Å². The molecule has 0 atom stereocenters. The first kappa shape index (κ1) is 13.5. The highest BCUT2D eigenvalue weighted by molar-refractivity contribution is 9.10. The van der Waals surface area contributed by atoms with Gasteiger partial charge in [-0.2, -0.15) is 0 Å². The first-order valence-electron chi connectivity index (χ1n) is 5.65. The number of rotatable bonds is 3. The molecule has 19 heavy (non-hydrogen) atoms. The van der Waals surface area contributed by atoms with Crippen LogP contribution in [0.15, 0.2) is 53.0 Å². The zero-order chi connectivity index (χ0) is 13.8. The second-order valence-electron chi connectivity index (χ2n) is 3.98. The number of carbonyl (C=O) groups is 2. The SMILES string of the molecule is CC(=O)c1cccc(OC(=O)c2ccc(Br)cc2)c1. The maximum absolute atomic E-state index is 11.9. The average Bonchev–Trinajstić information content (AvgIpc) is 2.39. The second kappa shape index (κ2) is 5.80. The lowest BCUT2D eigenvalue weighted by atomic mass is 10.1. The molecule has 3 nitrogen and oxygen atoms in total. The van der Waals surface area contributed by atoms with Gasteiger partial charge in [0.25, 0.3) is 0 Å². The van der Waals surface area contributed by atoms with Gasteiger partial charge in [0.15, 0.2) is 5.78 Å². The summed E-state index contributed by atoms with van der Waals surface area (Å²) in [6.07, 6.45) is 0. The van der Waals surface area contributed by atoms with E-state index in [-0.39, 0.29) is 5.78 Å². The number of ketones is 1. The summed E-state index contributed by atoms with van der Waals surface area (Å²) >= 11 is 3.30. The van der Waals surface area contributed by atoms with Crippen LogP contribution in [0.2, 0.25) is 0 Å². The third kappa shape index (κ3) is 3.51. The van der Waals surface area contributed by atoms with Crippen LogP contribution in [-0.2, 0) is 0 Å². The molecule has 0 radical (unpaired) electrons. The maximum atomic E-state index is 11.9. The van der Waals surface area contributed by atoms with Crippen molar-refractivity contribution < 1.29 is 14.3 Å². The van der Waals surface area contributed by atoms with E-state index in [1.807, 2.05) is 0 Å². The molecule has 0 fully saturated rings. The number of ether oxygens (including phenoxy) is 1. The van der Waals surface area contributed by atoms with Gasteiger partial charge in [-0.1, -0.05) is 28.1 Å². The van der Waals surface area contributed by atoms with Crippen LogP contribution in [0, 0.1) is 0 Å². The van der Waals surface area contributed by atoms with E-state index < -0.39 is 5.97 Å². The van der Waals surface area contributed by atoms with Gasteiger partial charge in [0.2, 0.25) is 0 Å². The summed E-state index contributed by atoms with van der Waals surface area (Å²) in [6.45, 7) is 1.47. The number of carbonyl (C=O) groups excluding carboxylic acids is 2. The quantitative estimate of drug-likeness (QED) is 0.490. The highest BCUT2D eigenvalue weighted by Gasteiger charge is 2.09. The van der Waals surface area contributed by atoms with Gasteiger partial charge in [-0.15, -0.1) is 0 Å². The zero-order valence-corrected chi connectivity index (χ0v) is 11.8. The van der Waals surface area contributed by atoms with Crippen molar-refractivity contribution >= 4 is 27.7 Å². The second-order valence-corrected chi connectivity index (χ2v) is 4.90. The third-order valence-electron chi connectivity index (χ3n) is 2.53. The molecular formula is C15H11BrO3. The van der Waals surface area contributed by atoms with Gasteiger partial charge in [-0.05, 0) is 43.3 Å². The van der Waals surface area contributed by atoms with Crippen molar-refractivity contribution in [1.29, 1.82) is 0 Å². The van der Waals surface area contributed by atoms with Crippen molar-refractivity contribution in [2.24, 2.45) is 0 Å². The van der Waals surface area contributed by atoms with E-state index in [1.54, 1.807) is 48.5 Å². The Morgan fingerprint density at radius 3 is 2.32 bits per heavy atom. The lowest BCUT2D eigenvalue weighted by Crippen LogP contribution is -2.08. The Morgan fingerprint density at radius 1 is 1.00 bits per heavy atom. The molecule has 0 amide bonds. The monoisotopic (exact) mass is 318 g/mol. The molecule has 2 aromatic carbocycles. The van der Waals surface area contributed by atoms with E-state index >= 15 is 0 Å². The molecule has 0 saturated heterocycles. The van der Waals surface area contributed by atoms with Crippen molar-refractivity contribution in [1.82, 2.24) is 0 Å². The van der Waals surface area contributed by atoms with Crippen LogP contribution >= 0.6 is 15.9 Å². The summed E-state index contributed by atoms with van der Waals surface area (Å²) in [6, 6.07) is 13.4. The van der Waals surface area contributed by atoms with Crippen molar-refractivity contribution in [3.05, 3.63) is 64.1 Å². The molecule has 0 aliphatic heterocycles. The van der Waals surface area contributed by atoms with Crippen LogP contribution < -0.4 is 4.74 Å². The first-order valence-corrected chi connectivity index (χ1v) is 6.44. The molecule has 0 heterocycles. The molecule has 0 saturated carbocycles. The largest absolute Gasteiger partial charge is 0.423 e. The van der Waals surface area contributed by atoms with Crippen LogP contribution in [0.5, 0.6) is 5.75 Å². The average molecular weight is 319 g/mol. The van der Waals surface area contributed by atoms with E-state index in [4.69, 9.17) is 4.74 Å². The zero-order valence-electron chi connectivity index (χ0n) is 10.2. The van der Waals surface area contributed by atoms with Crippen molar-refractivity contribution in [2.75, 3.05) is 0 Å². The Kier molecular flexibility index (Phi) is 4.12. The number of esters is 1. The van der Waals surface area contributed by atoms with Gasteiger partial charge in [0.05, 0.1) is 5.56 Å². The molecule has 0 N–H and O–H groups in total. The Morgan fingerprint density at radius 2 is 1.68 bits per heavy atom. The van der Waals surface area contributed by atoms with Crippen LogP contribution in [-0.4, -0.2) is 11.8 Å². The van der Waals surface area contributed by atoms with Crippen LogP contribution in [0.1, 0.15) is 27.6 Å². The number of benzene rings is 2. The standard InChI is InChI=1S/C15H11BrO3/c1-10(17)12-3-2-4-14(9-12)19-15(18)11-5-7-13(16)8-6-11/h2-9H,1H3. The Bertz CT molecular complexity index is 618. The summed E-state index contributed by atoms with van der Waals surface area (Å²) in [5.74, 6) is -0.157. The van der Waals surface area contributed by atoms with Gasteiger partial charge in [-0.25, -0.2) is 4.79 Å². The maximum Gasteiger partial charge on any atom is 0.343 e. The summed E-state index contributed by atoms with van der Waals surface area (Å²) < 4.78 is 6.12. The lowest BCUT2D eigenvalue weighted by molar-refractivity contribution is 0.0733. The van der Waals surface area contributed by atoms with Crippen LogP contribution in [0.4, 0.5) is 0 Å². The molecule has 0 unspecified atom stereocenters. The predicted octanol–water partition coefficient (Wildman–Crippen LogP) is 3.87. The molecule has 0 spiro atoms. The van der Waals surface area contributed by atoms with Gasteiger partial charge >= 0.3 is 5.97 Å². The van der Waals surface area contributed by atoms with E-state index in [2.05, 4.69) is 15.9 Å². The fourth-order valence-electron chi connectivity index (χ4n) is 1.53. The highest BCUT2D eigenvalue weighted by Crippen LogP contribution is 2.17. The fraction of sp³-hybridized carbons (Fsp3) is 0.0667. The van der Waals surface area contributed by atoms with Crippen molar-refractivity contribution in [3.63, 3.8) is 0 Å². The number of halogens is 1. The molecule has 0 aromatic heterocycles. The number of hydrogen-bond donors (Lipinski definition) is 0. The Hall–Kier alpha value is -1.94. The number of Topliss-reactive ketones (excluding diaryl/α,β-unsaturated/α-hetero) is 1. The molecule has 0 aliphatic rings. The number of hydrogen-bond acceptors (Lipinski definition) is 3. The molecule has 4 heteroatoms. The highest BCUT2D eigenvalue weighted by atomic mass is 79.9. The Balaban J connectivity index is 2.17. The van der Waals surface area contributed by atoms with Gasteiger partial charge in [-0.3, -0.25) is 4.79 Å². The fourth-order valence-corrected chi connectivity index (χ4v) is 1.79. The van der Waals surface area contributed by atoms with Crippen molar-refractivity contribution in [3.8, 4) is 5.75 Å².